The number of benzene rings is 1. The monoisotopic (exact) mass is 467 g/mol. The van der Waals surface area contributed by atoms with Crippen molar-refractivity contribution in [2.24, 2.45) is 0 Å². The molecule has 0 radical (unpaired) electrons. The number of nitrogens with zero attached hydrogens (tertiary/aromatic N) is 1. The van der Waals surface area contributed by atoms with Crippen LogP contribution < -0.4 is 15.6 Å². The number of imide groups is 1. The summed E-state index contributed by atoms with van der Waals surface area (Å²) in [6.45, 7) is 0.476. The van der Waals surface area contributed by atoms with Crippen LogP contribution in [-0.2, 0) is 16.0 Å². The number of hydrogen-bond donors (Lipinski definition) is 2. The van der Waals surface area contributed by atoms with Gasteiger partial charge in [0.1, 0.15) is 18.1 Å². The molecular formula is C25H29N3O6. The Hall–Kier alpha value is -3.75. The highest BCUT2D eigenvalue weighted by molar-refractivity contribution is 6.23. The van der Waals surface area contributed by atoms with Gasteiger partial charge < -0.3 is 19.8 Å². The maximum Gasteiger partial charge on any atom is 0.262 e. The molecule has 0 aliphatic carbocycles. The Kier molecular flexibility index (Phi) is 8.73. The highest BCUT2D eigenvalue weighted by Gasteiger charge is 2.42. The molecule has 1 aliphatic heterocycles. The van der Waals surface area contributed by atoms with Gasteiger partial charge in [0.2, 0.25) is 11.5 Å². The number of ether oxygens (including phenoxy) is 1. The normalized spacial score (nSPS) is 13.5. The van der Waals surface area contributed by atoms with Gasteiger partial charge in [-0.05, 0) is 49.4 Å². The fourth-order valence-electron chi connectivity index (χ4n) is 3.95. The number of aldehydes is 1. The number of H-pyrrole nitrogens is 1. The topological polar surface area (TPSA) is 126 Å². The van der Waals surface area contributed by atoms with Crippen LogP contribution >= 0.6 is 0 Å². The molecule has 1 aliphatic rings. The van der Waals surface area contributed by atoms with Crippen molar-refractivity contribution in [1.82, 2.24) is 15.2 Å². The summed E-state index contributed by atoms with van der Waals surface area (Å²) >= 11 is 0. The van der Waals surface area contributed by atoms with E-state index in [1.165, 1.54) is 25.2 Å². The SMILES string of the molecule is CNC(=O)C(CCC=O)N1C(=O)c2ccc(OCCCCCCc3ccc(=O)[nH]c3)cc2C1=O. The van der Waals surface area contributed by atoms with Crippen LogP contribution in [-0.4, -0.2) is 53.6 Å². The minimum absolute atomic E-state index is 0.0602. The number of carbonyl (C=O) groups is 4. The molecule has 0 saturated heterocycles. The van der Waals surface area contributed by atoms with Crippen molar-refractivity contribution in [3.8, 4) is 5.75 Å². The number of aromatic amines is 1. The van der Waals surface area contributed by atoms with Crippen molar-refractivity contribution in [3.05, 3.63) is 63.6 Å². The van der Waals surface area contributed by atoms with Crippen LogP contribution in [0.4, 0.5) is 0 Å². The second-order valence-electron chi connectivity index (χ2n) is 8.14. The summed E-state index contributed by atoms with van der Waals surface area (Å²) < 4.78 is 5.77. The molecule has 180 valence electrons. The molecule has 0 saturated carbocycles. The molecule has 2 heterocycles. The van der Waals surface area contributed by atoms with Gasteiger partial charge in [-0.1, -0.05) is 18.9 Å². The first-order valence-electron chi connectivity index (χ1n) is 11.4. The first-order valence-corrected chi connectivity index (χ1v) is 11.4. The minimum atomic E-state index is -1.04. The quantitative estimate of drug-likeness (QED) is 0.264. The van der Waals surface area contributed by atoms with E-state index < -0.39 is 23.8 Å². The fourth-order valence-corrected chi connectivity index (χ4v) is 3.95. The zero-order chi connectivity index (χ0) is 24.5. The van der Waals surface area contributed by atoms with E-state index in [-0.39, 0.29) is 29.5 Å². The second kappa shape index (κ2) is 11.9. The molecule has 3 amide bonds. The van der Waals surface area contributed by atoms with Gasteiger partial charge in [-0.3, -0.25) is 24.1 Å². The zero-order valence-electron chi connectivity index (χ0n) is 19.2. The summed E-state index contributed by atoms with van der Waals surface area (Å²) in [7, 11) is 1.42. The number of amides is 3. The van der Waals surface area contributed by atoms with Gasteiger partial charge in [-0.15, -0.1) is 0 Å². The van der Waals surface area contributed by atoms with E-state index in [4.69, 9.17) is 4.74 Å². The van der Waals surface area contributed by atoms with Crippen LogP contribution in [0, 0.1) is 0 Å². The van der Waals surface area contributed by atoms with E-state index in [2.05, 4.69) is 10.3 Å². The van der Waals surface area contributed by atoms with Crippen LogP contribution in [0.1, 0.15) is 64.8 Å². The average molecular weight is 468 g/mol. The Balaban J connectivity index is 1.50. The van der Waals surface area contributed by atoms with Gasteiger partial charge in [0.25, 0.3) is 11.8 Å². The molecule has 3 rings (SSSR count). The Morgan fingerprint density at radius 1 is 1.06 bits per heavy atom. The first-order chi connectivity index (χ1) is 16.5. The number of carbonyl (C=O) groups excluding carboxylic acids is 4. The van der Waals surface area contributed by atoms with E-state index in [0.717, 1.165) is 42.6 Å². The summed E-state index contributed by atoms with van der Waals surface area (Å²) in [5.41, 5.74) is 1.42. The van der Waals surface area contributed by atoms with Crippen LogP contribution in [0.15, 0.2) is 41.3 Å². The Morgan fingerprint density at radius 3 is 2.53 bits per heavy atom. The van der Waals surface area contributed by atoms with Crippen LogP contribution in [0.25, 0.3) is 0 Å². The van der Waals surface area contributed by atoms with E-state index in [1.807, 2.05) is 6.07 Å². The smallest absolute Gasteiger partial charge is 0.262 e. The molecule has 1 unspecified atom stereocenters. The third-order valence-electron chi connectivity index (χ3n) is 5.79. The van der Waals surface area contributed by atoms with Crippen molar-refractivity contribution >= 4 is 24.0 Å². The lowest BCUT2D eigenvalue weighted by molar-refractivity contribution is -0.124. The predicted octanol–water partition coefficient (Wildman–Crippen LogP) is 2.25. The molecule has 0 bridgehead atoms. The lowest BCUT2D eigenvalue weighted by atomic mass is 10.1. The largest absolute Gasteiger partial charge is 0.494 e. The van der Waals surface area contributed by atoms with Crippen LogP contribution in [0.3, 0.4) is 0 Å². The number of unbranched alkanes of at least 4 members (excludes halogenated alkanes) is 3. The van der Waals surface area contributed by atoms with Crippen molar-refractivity contribution in [3.63, 3.8) is 0 Å². The molecule has 0 fully saturated rings. The van der Waals surface area contributed by atoms with Crippen LogP contribution in [0.5, 0.6) is 5.75 Å². The molecule has 2 N–H and O–H groups in total. The zero-order valence-corrected chi connectivity index (χ0v) is 19.2. The molecular weight excluding hydrogens is 438 g/mol. The summed E-state index contributed by atoms with van der Waals surface area (Å²) in [4.78, 5) is 63.4. The van der Waals surface area contributed by atoms with Gasteiger partial charge in [0.05, 0.1) is 17.7 Å². The van der Waals surface area contributed by atoms with Crippen LogP contribution in [0.2, 0.25) is 0 Å². The highest BCUT2D eigenvalue weighted by atomic mass is 16.5. The highest BCUT2D eigenvalue weighted by Crippen LogP contribution is 2.29. The van der Waals surface area contributed by atoms with E-state index >= 15 is 0 Å². The number of nitrogens with one attached hydrogen (secondary N) is 2. The summed E-state index contributed by atoms with van der Waals surface area (Å²) in [5, 5.41) is 2.45. The predicted molar refractivity (Wildman–Crippen MR) is 125 cm³/mol. The van der Waals surface area contributed by atoms with Crippen molar-refractivity contribution in [2.45, 2.75) is 51.0 Å². The number of aryl methyl sites for hydroxylation is 1. The molecule has 2 aromatic rings. The number of fused-ring (bicyclic) bond motifs is 1. The van der Waals surface area contributed by atoms with E-state index in [0.29, 0.717) is 18.6 Å². The molecule has 34 heavy (non-hydrogen) atoms. The molecule has 1 atom stereocenters. The van der Waals surface area contributed by atoms with Gasteiger partial charge in [0, 0.05) is 25.7 Å². The fraction of sp³-hybridized carbons (Fsp3) is 0.400. The standard InChI is InChI=1S/C25H29N3O6/c1-26-23(31)21(8-6-13-29)28-24(32)19-11-10-18(15-20(19)25(28)33)34-14-5-3-2-4-7-17-9-12-22(30)27-16-17/h9-13,15-16,21H,2-8,14H2,1H3,(H,26,31)(H,27,30). The number of hydrogen-bond acceptors (Lipinski definition) is 6. The Bertz CT molecular complexity index is 1090. The summed E-state index contributed by atoms with van der Waals surface area (Å²) in [5.74, 6) is -1.12. The molecule has 1 aromatic carbocycles. The minimum Gasteiger partial charge on any atom is -0.494 e. The van der Waals surface area contributed by atoms with Gasteiger partial charge in [-0.25, -0.2) is 0 Å². The summed E-state index contributed by atoms with van der Waals surface area (Å²) in [6, 6.07) is 7.04. The Morgan fingerprint density at radius 2 is 1.82 bits per heavy atom. The van der Waals surface area contributed by atoms with Crippen molar-refractivity contribution < 1.29 is 23.9 Å². The molecule has 9 heteroatoms. The van der Waals surface area contributed by atoms with E-state index in [1.54, 1.807) is 12.3 Å². The third-order valence-corrected chi connectivity index (χ3v) is 5.79. The number of rotatable bonds is 13. The number of pyridine rings is 1. The van der Waals surface area contributed by atoms with Gasteiger partial charge >= 0.3 is 0 Å². The van der Waals surface area contributed by atoms with Crippen molar-refractivity contribution in [2.75, 3.05) is 13.7 Å². The summed E-state index contributed by atoms with van der Waals surface area (Å²) in [6.07, 6.45) is 7.28. The molecule has 1 aromatic heterocycles. The number of aromatic nitrogens is 1. The Labute approximate surface area is 197 Å². The average Bonchev–Trinajstić information content (AvgIpc) is 3.09. The van der Waals surface area contributed by atoms with Gasteiger partial charge in [-0.2, -0.15) is 0 Å². The van der Waals surface area contributed by atoms with Gasteiger partial charge in [0.15, 0.2) is 0 Å². The molecule has 0 spiro atoms. The number of likely N-dealkylation sites (N-methyl/N-ethyl adjacent to an activating group) is 1. The first kappa shape index (κ1) is 24.9. The maximum atomic E-state index is 12.9. The lowest BCUT2D eigenvalue weighted by Gasteiger charge is -2.24. The van der Waals surface area contributed by atoms with E-state index in [9.17, 15) is 24.0 Å². The lowest BCUT2D eigenvalue weighted by Crippen LogP contribution is -2.48. The van der Waals surface area contributed by atoms with Crippen molar-refractivity contribution in [1.29, 1.82) is 0 Å². The second-order valence-corrected chi connectivity index (χ2v) is 8.14. The molecule has 9 nitrogen and oxygen atoms in total. The maximum absolute atomic E-state index is 12.9. The third kappa shape index (κ3) is 5.98.